The van der Waals surface area contributed by atoms with Gasteiger partial charge in [-0.05, 0) is 38.2 Å². The minimum absolute atomic E-state index is 0. The van der Waals surface area contributed by atoms with Crippen LogP contribution in [0, 0.1) is 0 Å². The molecule has 3 heteroatoms. The molecule has 80 valence electrons. The van der Waals surface area contributed by atoms with Crippen molar-refractivity contribution in [3.63, 3.8) is 0 Å². The number of benzene rings is 1. The minimum Gasteiger partial charge on any atom is -0.497 e. The lowest BCUT2D eigenvalue weighted by Gasteiger charge is -2.09. The van der Waals surface area contributed by atoms with Crippen molar-refractivity contribution in [1.82, 2.24) is 4.90 Å². The first-order valence-corrected chi connectivity index (χ1v) is 4.50. The summed E-state index contributed by atoms with van der Waals surface area (Å²) >= 11 is 0. The van der Waals surface area contributed by atoms with Crippen LogP contribution in [-0.4, -0.2) is 32.6 Å². The first-order valence-electron chi connectivity index (χ1n) is 4.50. The number of nitrogens with zero attached hydrogens (tertiary/aromatic N) is 1. The topological polar surface area (TPSA) is 12.5 Å². The van der Waals surface area contributed by atoms with Crippen LogP contribution in [0.25, 0.3) is 0 Å². The smallest absolute Gasteiger partial charge is 0.119 e. The van der Waals surface area contributed by atoms with Gasteiger partial charge in [0, 0.05) is 6.54 Å². The Morgan fingerprint density at radius 1 is 1.29 bits per heavy atom. The second-order valence-electron chi connectivity index (χ2n) is 3.40. The van der Waals surface area contributed by atoms with Crippen molar-refractivity contribution in [2.75, 3.05) is 27.7 Å². The maximum Gasteiger partial charge on any atom is 0.119 e. The third-order valence-corrected chi connectivity index (χ3v) is 1.98. The van der Waals surface area contributed by atoms with Crippen molar-refractivity contribution < 1.29 is 4.74 Å². The molecule has 0 atom stereocenters. The molecule has 0 aliphatic carbocycles. The summed E-state index contributed by atoms with van der Waals surface area (Å²) in [5, 5.41) is 0. The van der Waals surface area contributed by atoms with Crippen LogP contribution in [-0.2, 0) is 6.42 Å². The summed E-state index contributed by atoms with van der Waals surface area (Å²) in [4.78, 5) is 2.18. The molecule has 0 aliphatic rings. The number of rotatable bonds is 4. The Morgan fingerprint density at radius 3 is 2.57 bits per heavy atom. The first-order chi connectivity index (χ1) is 6.22. The quantitative estimate of drug-likeness (QED) is 0.764. The van der Waals surface area contributed by atoms with Gasteiger partial charge < -0.3 is 9.64 Å². The molecule has 0 unspecified atom stereocenters. The Kier molecular flexibility index (Phi) is 6.34. The fraction of sp³-hybridized carbons (Fsp3) is 0.455. The van der Waals surface area contributed by atoms with E-state index in [9.17, 15) is 0 Å². The van der Waals surface area contributed by atoms with Crippen molar-refractivity contribution >= 4 is 12.4 Å². The van der Waals surface area contributed by atoms with E-state index in [-0.39, 0.29) is 12.4 Å². The van der Waals surface area contributed by atoms with E-state index in [2.05, 4.69) is 31.1 Å². The van der Waals surface area contributed by atoms with Crippen molar-refractivity contribution in [3.8, 4) is 5.75 Å². The Balaban J connectivity index is 0.00000169. The second-order valence-corrected chi connectivity index (χ2v) is 3.40. The molecule has 1 aromatic rings. The molecule has 0 saturated carbocycles. The SMILES string of the molecule is COc1cccc(CCN(C)C)c1.Cl. The van der Waals surface area contributed by atoms with Gasteiger partial charge in [-0.25, -0.2) is 0 Å². The molecule has 14 heavy (non-hydrogen) atoms. The molecular weight excluding hydrogens is 198 g/mol. The standard InChI is InChI=1S/C11H17NO.ClH/c1-12(2)8-7-10-5-4-6-11(9-10)13-3;/h4-6,9H,7-8H2,1-3H3;1H. The zero-order chi connectivity index (χ0) is 9.68. The maximum absolute atomic E-state index is 5.15. The molecular formula is C11H18ClNO. The van der Waals surface area contributed by atoms with Gasteiger partial charge in [-0.1, -0.05) is 12.1 Å². The fourth-order valence-corrected chi connectivity index (χ4v) is 1.18. The molecule has 0 aliphatic heterocycles. The molecule has 0 radical (unpaired) electrons. The van der Waals surface area contributed by atoms with E-state index in [1.165, 1.54) is 5.56 Å². The molecule has 0 amide bonds. The van der Waals surface area contributed by atoms with Gasteiger partial charge in [0.1, 0.15) is 5.75 Å². The van der Waals surface area contributed by atoms with Crippen LogP contribution in [0.4, 0.5) is 0 Å². The third-order valence-electron chi connectivity index (χ3n) is 1.98. The molecule has 0 saturated heterocycles. The highest BCUT2D eigenvalue weighted by molar-refractivity contribution is 5.85. The van der Waals surface area contributed by atoms with E-state index < -0.39 is 0 Å². The van der Waals surface area contributed by atoms with E-state index in [0.29, 0.717) is 0 Å². The van der Waals surface area contributed by atoms with E-state index in [0.717, 1.165) is 18.7 Å². The van der Waals surface area contributed by atoms with Crippen molar-refractivity contribution in [2.24, 2.45) is 0 Å². The summed E-state index contributed by atoms with van der Waals surface area (Å²) in [7, 11) is 5.87. The number of methoxy groups -OCH3 is 1. The molecule has 1 rings (SSSR count). The van der Waals surface area contributed by atoms with Crippen molar-refractivity contribution in [1.29, 1.82) is 0 Å². The van der Waals surface area contributed by atoms with Gasteiger partial charge in [-0.2, -0.15) is 0 Å². The lowest BCUT2D eigenvalue weighted by Crippen LogP contribution is -2.14. The maximum atomic E-state index is 5.15. The largest absolute Gasteiger partial charge is 0.497 e. The number of halogens is 1. The fourth-order valence-electron chi connectivity index (χ4n) is 1.18. The van der Waals surface area contributed by atoms with Gasteiger partial charge >= 0.3 is 0 Å². The Hall–Kier alpha value is -0.730. The summed E-state index contributed by atoms with van der Waals surface area (Å²) in [5.41, 5.74) is 1.33. The Bertz CT molecular complexity index is 263. The highest BCUT2D eigenvalue weighted by atomic mass is 35.5. The number of ether oxygens (including phenoxy) is 1. The summed E-state index contributed by atoms with van der Waals surface area (Å²) in [5.74, 6) is 0.941. The normalized spacial score (nSPS) is 9.71. The van der Waals surface area contributed by atoms with Gasteiger partial charge in [0.15, 0.2) is 0 Å². The van der Waals surface area contributed by atoms with Crippen molar-refractivity contribution in [3.05, 3.63) is 29.8 Å². The van der Waals surface area contributed by atoms with Crippen LogP contribution < -0.4 is 4.74 Å². The highest BCUT2D eigenvalue weighted by Crippen LogP contribution is 2.12. The third kappa shape index (κ3) is 4.49. The molecule has 0 fully saturated rings. The molecule has 0 heterocycles. The zero-order valence-corrected chi connectivity index (χ0v) is 9.80. The summed E-state index contributed by atoms with van der Waals surface area (Å²) in [6.45, 7) is 1.08. The predicted octanol–water partition coefficient (Wildman–Crippen LogP) is 2.22. The summed E-state index contributed by atoms with van der Waals surface area (Å²) in [6.07, 6.45) is 1.07. The van der Waals surface area contributed by atoms with Crippen LogP contribution in [0.2, 0.25) is 0 Å². The molecule has 0 N–H and O–H groups in total. The van der Waals surface area contributed by atoms with Crippen LogP contribution in [0.5, 0.6) is 5.75 Å². The predicted molar refractivity (Wildman–Crippen MR) is 62.5 cm³/mol. The van der Waals surface area contributed by atoms with Crippen molar-refractivity contribution in [2.45, 2.75) is 6.42 Å². The average molecular weight is 216 g/mol. The zero-order valence-electron chi connectivity index (χ0n) is 8.99. The van der Waals surface area contributed by atoms with Gasteiger partial charge in [0.25, 0.3) is 0 Å². The molecule has 1 aromatic carbocycles. The highest BCUT2D eigenvalue weighted by Gasteiger charge is 1.96. The van der Waals surface area contributed by atoms with Crippen LogP contribution in [0.3, 0.4) is 0 Å². The van der Waals surface area contributed by atoms with Gasteiger partial charge in [-0.15, -0.1) is 12.4 Å². The number of hydrogen-bond acceptors (Lipinski definition) is 2. The van der Waals surface area contributed by atoms with Gasteiger partial charge in [-0.3, -0.25) is 0 Å². The Labute approximate surface area is 92.3 Å². The summed E-state index contributed by atoms with van der Waals surface area (Å²) in [6, 6.07) is 8.22. The van der Waals surface area contributed by atoms with Gasteiger partial charge in [0.05, 0.1) is 7.11 Å². The monoisotopic (exact) mass is 215 g/mol. The molecule has 0 bridgehead atoms. The Morgan fingerprint density at radius 2 is 2.00 bits per heavy atom. The van der Waals surface area contributed by atoms with E-state index in [1.54, 1.807) is 7.11 Å². The minimum atomic E-state index is 0. The number of likely N-dealkylation sites (N-methyl/N-ethyl adjacent to an activating group) is 1. The lowest BCUT2D eigenvalue weighted by molar-refractivity contribution is 0.407. The molecule has 0 aromatic heterocycles. The van der Waals surface area contributed by atoms with Crippen LogP contribution in [0.1, 0.15) is 5.56 Å². The first kappa shape index (κ1) is 13.3. The lowest BCUT2D eigenvalue weighted by atomic mass is 10.1. The molecule has 0 spiro atoms. The van der Waals surface area contributed by atoms with Crippen LogP contribution >= 0.6 is 12.4 Å². The van der Waals surface area contributed by atoms with E-state index >= 15 is 0 Å². The van der Waals surface area contributed by atoms with E-state index in [1.807, 2.05) is 12.1 Å². The van der Waals surface area contributed by atoms with Crippen LogP contribution in [0.15, 0.2) is 24.3 Å². The molecule has 2 nitrogen and oxygen atoms in total. The van der Waals surface area contributed by atoms with E-state index in [4.69, 9.17) is 4.74 Å². The average Bonchev–Trinajstić information content (AvgIpc) is 2.15. The summed E-state index contributed by atoms with van der Waals surface area (Å²) < 4.78 is 5.15. The number of hydrogen-bond donors (Lipinski definition) is 0. The second kappa shape index (κ2) is 6.68. The van der Waals surface area contributed by atoms with Gasteiger partial charge in [0.2, 0.25) is 0 Å².